The largest absolute Gasteiger partial charge is 0.495 e. The van der Waals surface area contributed by atoms with Gasteiger partial charge in [-0.05, 0) is 66.6 Å². The molecule has 0 bridgehead atoms. The van der Waals surface area contributed by atoms with E-state index < -0.39 is 20.1 Å². The lowest BCUT2D eigenvalue weighted by atomic mass is 10.0. The lowest BCUT2D eigenvalue weighted by Crippen LogP contribution is -2.29. The molecule has 1 aliphatic rings. The van der Waals surface area contributed by atoms with E-state index in [1.165, 1.54) is 29.9 Å². The van der Waals surface area contributed by atoms with Crippen LogP contribution in [0.15, 0.2) is 105 Å². The van der Waals surface area contributed by atoms with Crippen LogP contribution >= 0.6 is 46.1 Å². The lowest BCUT2D eigenvalue weighted by molar-refractivity contribution is 0.402. The maximum Gasteiger partial charge on any atom is 0.295 e. The summed E-state index contributed by atoms with van der Waals surface area (Å²) < 4.78 is 65.4. The summed E-state index contributed by atoms with van der Waals surface area (Å²) in [7, 11) is -6.46. The number of hydrazone groups is 1. The van der Waals surface area contributed by atoms with Crippen LogP contribution in [0.25, 0.3) is 10.1 Å². The first-order valence-electron chi connectivity index (χ1n) is 13.9. The summed E-state index contributed by atoms with van der Waals surface area (Å²) in [5.41, 5.74) is 3.19. The van der Waals surface area contributed by atoms with Crippen LogP contribution in [0, 0.1) is 6.92 Å². The van der Waals surface area contributed by atoms with E-state index in [2.05, 4.69) is 4.72 Å². The molecule has 1 aromatic heterocycles. The molecular weight excluding hydrogens is 725 g/mol. The van der Waals surface area contributed by atoms with Gasteiger partial charge >= 0.3 is 0 Å². The molecule has 0 spiro atoms. The first kappa shape index (κ1) is 35.1. The molecule has 4 aromatic carbocycles. The molecule has 246 valence electrons. The van der Waals surface area contributed by atoms with Crippen molar-refractivity contribution in [1.82, 2.24) is 4.72 Å². The molecule has 6 rings (SSSR count). The summed E-state index contributed by atoms with van der Waals surface area (Å²) in [6.07, 6.45) is 0.494. The molecule has 0 amide bonds. The Morgan fingerprint density at radius 2 is 1.64 bits per heavy atom. The number of anilines is 1. The van der Waals surface area contributed by atoms with Crippen LogP contribution in [-0.2, 0) is 20.1 Å². The highest BCUT2D eigenvalue weighted by molar-refractivity contribution is 7.89. The van der Waals surface area contributed by atoms with Crippen molar-refractivity contribution in [1.29, 1.82) is 0 Å². The third-order valence-corrected chi connectivity index (χ3v) is 11.4. The molecule has 1 atom stereocenters. The van der Waals surface area contributed by atoms with E-state index in [1.54, 1.807) is 47.5 Å². The standard InChI is InChI=1S/C24H22Cl3N3O3S.C8H6O3S2/c1-15-3-10-24(23(11-15)33-2)34(31,32)28-14-19-13-22(16-4-6-17(25)7-5-16)30(29-19)21-9-8-18(26)12-20(21)27;9-13(10,11)8-5-12-7-4-2-1-3-6(7)8/h3-12,22,28H,13-14H2,1-2H3;1-5H,(H,9,10,11). The molecule has 0 saturated heterocycles. The quantitative estimate of drug-likeness (QED) is 0.153. The molecule has 1 aliphatic heterocycles. The number of rotatable bonds is 8. The Labute approximate surface area is 292 Å². The van der Waals surface area contributed by atoms with E-state index in [0.717, 1.165) is 15.8 Å². The molecule has 0 fully saturated rings. The fraction of sp³-hybridized carbons (Fsp3) is 0.156. The number of benzene rings is 4. The number of sulfonamides is 1. The van der Waals surface area contributed by atoms with Crippen LogP contribution in [-0.4, -0.2) is 40.8 Å². The van der Waals surface area contributed by atoms with E-state index in [1.807, 2.05) is 43.3 Å². The van der Waals surface area contributed by atoms with Gasteiger partial charge in [0.1, 0.15) is 15.5 Å². The molecule has 0 saturated carbocycles. The third kappa shape index (κ3) is 8.27. The van der Waals surface area contributed by atoms with Gasteiger partial charge in [-0.1, -0.05) is 71.2 Å². The number of halogens is 3. The van der Waals surface area contributed by atoms with Gasteiger partial charge in [0.2, 0.25) is 10.0 Å². The highest BCUT2D eigenvalue weighted by Gasteiger charge is 2.31. The number of nitrogens with zero attached hydrogens (tertiary/aromatic N) is 2. The van der Waals surface area contributed by atoms with Gasteiger partial charge in [-0.25, -0.2) is 13.1 Å². The zero-order valence-corrected chi connectivity index (χ0v) is 29.6. The SMILES string of the molecule is COc1cc(C)ccc1S(=O)(=O)NCC1=NN(c2ccc(Cl)cc2Cl)C(c2ccc(Cl)cc2)C1.O=S(=O)(O)c1csc2ccccc12. The van der Waals surface area contributed by atoms with Crippen molar-refractivity contribution in [2.75, 3.05) is 18.7 Å². The molecule has 47 heavy (non-hydrogen) atoms. The van der Waals surface area contributed by atoms with Gasteiger partial charge < -0.3 is 4.74 Å². The van der Waals surface area contributed by atoms with Crippen molar-refractivity contribution < 1.29 is 26.1 Å². The van der Waals surface area contributed by atoms with Crippen molar-refractivity contribution in [2.45, 2.75) is 29.2 Å². The molecule has 9 nitrogen and oxygen atoms in total. The van der Waals surface area contributed by atoms with Crippen molar-refractivity contribution >= 4 is 87.8 Å². The van der Waals surface area contributed by atoms with Crippen molar-refractivity contribution in [2.24, 2.45) is 5.10 Å². The van der Waals surface area contributed by atoms with Gasteiger partial charge in [0, 0.05) is 31.9 Å². The van der Waals surface area contributed by atoms with E-state index in [9.17, 15) is 16.8 Å². The summed E-state index contributed by atoms with van der Waals surface area (Å²) in [6, 6.07) is 24.4. The minimum absolute atomic E-state index is 0.00639. The first-order valence-corrected chi connectivity index (χ1v) is 18.8. The number of hydrogen-bond donors (Lipinski definition) is 2. The monoisotopic (exact) mass is 751 g/mol. The second-order valence-electron chi connectivity index (χ2n) is 10.4. The summed E-state index contributed by atoms with van der Waals surface area (Å²) in [5.74, 6) is 0.287. The van der Waals surface area contributed by atoms with Crippen LogP contribution in [0.4, 0.5) is 5.69 Å². The fourth-order valence-corrected chi connectivity index (χ4v) is 8.68. The topological polar surface area (TPSA) is 125 Å². The highest BCUT2D eigenvalue weighted by atomic mass is 35.5. The zero-order chi connectivity index (χ0) is 33.9. The Balaban J connectivity index is 0.000000277. The summed E-state index contributed by atoms with van der Waals surface area (Å²) >= 11 is 19.9. The second-order valence-corrected chi connectivity index (χ2v) is 15.7. The average Bonchev–Trinajstić information content (AvgIpc) is 3.66. The maximum absolute atomic E-state index is 13.0. The molecule has 0 radical (unpaired) electrons. The predicted molar refractivity (Wildman–Crippen MR) is 190 cm³/mol. The molecular formula is C32H28Cl3N3O6S3. The Morgan fingerprint density at radius 3 is 2.32 bits per heavy atom. The van der Waals surface area contributed by atoms with Gasteiger partial charge in [-0.15, -0.1) is 11.3 Å². The minimum atomic E-state index is -4.08. The van der Waals surface area contributed by atoms with E-state index in [-0.39, 0.29) is 28.1 Å². The number of ether oxygens (including phenoxy) is 1. The Bertz CT molecular complexity index is 2170. The number of nitrogens with one attached hydrogen (secondary N) is 1. The minimum Gasteiger partial charge on any atom is -0.495 e. The average molecular weight is 753 g/mol. The summed E-state index contributed by atoms with van der Waals surface area (Å²) in [4.78, 5) is 0.0687. The first-order chi connectivity index (χ1) is 22.3. The molecule has 15 heteroatoms. The summed E-state index contributed by atoms with van der Waals surface area (Å²) in [6.45, 7) is 1.90. The molecule has 0 aliphatic carbocycles. The van der Waals surface area contributed by atoms with Gasteiger partial charge in [-0.3, -0.25) is 9.56 Å². The highest BCUT2D eigenvalue weighted by Crippen LogP contribution is 2.40. The Morgan fingerprint density at radius 1 is 0.936 bits per heavy atom. The van der Waals surface area contributed by atoms with Gasteiger partial charge in [-0.2, -0.15) is 13.5 Å². The van der Waals surface area contributed by atoms with Crippen molar-refractivity contribution in [3.8, 4) is 5.75 Å². The van der Waals surface area contributed by atoms with Gasteiger partial charge in [0.25, 0.3) is 10.1 Å². The number of thiophene rings is 1. The van der Waals surface area contributed by atoms with E-state index in [0.29, 0.717) is 38.3 Å². The van der Waals surface area contributed by atoms with Gasteiger partial charge in [0.05, 0.1) is 36.1 Å². The fourth-order valence-electron chi connectivity index (χ4n) is 4.92. The number of methoxy groups -OCH3 is 1. The maximum atomic E-state index is 13.0. The third-order valence-electron chi connectivity index (χ3n) is 7.18. The number of fused-ring (bicyclic) bond motifs is 1. The lowest BCUT2D eigenvalue weighted by Gasteiger charge is -2.25. The normalized spacial score (nSPS) is 14.9. The van der Waals surface area contributed by atoms with Crippen LogP contribution in [0.5, 0.6) is 5.75 Å². The number of hydrogen-bond acceptors (Lipinski definition) is 8. The van der Waals surface area contributed by atoms with Gasteiger partial charge in [0.15, 0.2) is 0 Å². The van der Waals surface area contributed by atoms with Crippen LogP contribution in [0.2, 0.25) is 15.1 Å². The van der Waals surface area contributed by atoms with Crippen LogP contribution in [0.1, 0.15) is 23.6 Å². The zero-order valence-electron chi connectivity index (χ0n) is 24.9. The predicted octanol–water partition coefficient (Wildman–Crippen LogP) is 8.40. The van der Waals surface area contributed by atoms with Crippen molar-refractivity contribution in [3.05, 3.63) is 117 Å². The second kappa shape index (κ2) is 14.5. The molecule has 2 N–H and O–H groups in total. The smallest absolute Gasteiger partial charge is 0.295 e. The van der Waals surface area contributed by atoms with Crippen LogP contribution < -0.4 is 14.5 Å². The van der Waals surface area contributed by atoms with Crippen molar-refractivity contribution in [3.63, 3.8) is 0 Å². The molecule has 1 unspecified atom stereocenters. The van der Waals surface area contributed by atoms with Crippen LogP contribution in [0.3, 0.4) is 0 Å². The Hall–Kier alpha value is -3.20. The van der Waals surface area contributed by atoms with E-state index in [4.69, 9.17) is 49.2 Å². The van der Waals surface area contributed by atoms with E-state index >= 15 is 0 Å². The Kier molecular flexibility index (Phi) is 10.8. The molecule has 2 heterocycles. The number of aryl methyl sites for hydroxylation is 1. The molecule has 5 aromatic rings. The summed E-state index contributed by atoms with van der Waals surface area (Å²) in [5, 5.41) is 10.1.